The van der Waals surface area contributed by atoms with Gasteiger partial charge in [0, 0.05) is 18.7 Å². The van der Waals surface area contributed by atoms with Crippen LogP contribution in [-0.2, 0) is 28.5 Å². The van der Waals surface area contributed by atoms with Crippen LogP contribution in [0.4, 0.5) is 22.0 Å². The Bertz CT molecular complexity index is 1240. The number of hydrogen-bond donors (Lipinski definition) is 1. The highest BCUT2D eigenvalue weighted by Gasteiger charge is 2.35. The molecule has 1 aliphatic rings. The average molecular weight is 510 g/mol. The normalized spacial score (nSPS) is 17.3. The third-order valence-electron chi connectivity index (χ3n) is 5.41. The van der Waals surface area contributed by atoms with Crippen LogP contribution in [0.25, 0.3) is 11.3 Å². The highest BCUT2D eigenvalue weighted by Crippen LogP contribution is 2.28. The summed E-state index contributed by atoms with van der Waals surface area (Å²) in [5, 5.41) is 9.37. The molecular weight excluding hydrogens is 491 g/mol. The van der Waals surface area contributed by atoms with Crippen LogP contribution in [-0.4, -0.2) is 37.2 Å². The number of benzene rings is 2. The maximum atomic E-state index is 14.2. The maximum Gasteiger partial charge on any atom is 0.435 e. The van der Waals surface area contributed by atoms with E-state index in [-0.39, 0.29) is 17.8 Å². The van der Waals surface area contributed by atoms with Crippen molar-refractivity contribution in [3.8, 4) is 11.3 Å². The van der Waals surface area contributed by atoms with Crippen molar-refractivity contribution < 1.29 is 31.0 Å². The van der Waals surface area contributed by atoms with Crippen LogP contribution in [0.2, 0.25) is 0 Å². The second-order valence-corrected chi connectivity index (χ2v) is 9.31. The van der Waals surface area contributed by atoms with Crippen LogP contribution in [0.3, 0.4) is 0 Å². The minimum atomic E-state index is -4.64. The van der Waals surface area contributed by atoms with Gasteiger partial charge in [0.2, 0.25) is 5.91 Å². The van der Waals surface area contributed by atoms with E-state index >= 15 is 0 Å². The molecule has 1 N–H and O–H groups in total. The summed E-state index contributed by atoms with van der Waals surface area (Å²) >= 11 is 0. The molecule has 3 aromatic rings. The molecule has 2 heterocycles. The van der Waals surface area contributed by atoms with Gasteiger partial charge in [-0.2, -0.15) is 13.2 Å². The van der Waals surface area contributed by atoms with Crippen molar-refractivity contribution in [2.75, 3.05) is 6.54 Å². The Morgan fingerprint density at radius 3 is 2.43 bits per heavy atom. The number of nitrogens with one attached hydrogen (secondary N) is 1. The molecule has 0 bridgehead atoms. The van der Waals surface area contributed by atoms with Gasteiger partial charge in [-0.15, -0.1) is 10.2 Å². The lowest BCUT2D eigenvalue weighted by atomic mass is 10.1. The summed E-state index contributed by atoms with van der Waals surface area (Å²) in [6.07, 6.45) is -3.53. The van der Waals surface area contributed by atoms with Crippen LogP contribution in [0.5, 0.6) is 0 Å². The molecule has 0 radical (unpaired) electrons. The molecule has 0 saturated carbocycles. The van der Waals surface area contributed by atoms with E-state index in [1.54, 1.807) is 0 Å². The third kappa shape index (κ3) is 5.88. The van der Waals surface area contributed by atoms with Crippen molar-refractivity contribution in [3.05, 3.63) is 77.5 Å². The van der Waals surface area contributed by atoms with Crippen LogP contribution < -0.4 is 5.32 Å². The Kier molecular flexibility index (Phi) is 7.22. The van der Waals surface area contributed by atoms with Gasteiger partial charge in [-0.25, -0.2) is 17.3 Å². The van der Waals surface area contributed by atoms with Crippen molar-refractivity contribution in [1.29, 1.82) is 0 Å². The molecule has 1 aliphatic heterocycles. The van der Waals surface area contributed by atoms with Crippen molar-refractivity contribution >= 4 is 16.9 Å². The summed E-state index contributed by atoms with van der Waals surface area (Å²) in [5.41, 5.74) is -0.555. The predicted octanol–water partition coefficient (Wildman–Crippen LogP) is 4.24. The fourth-order valence-corrected chi connectivity index (χ4v) is 5.10. The Morgan fingerprint density at radius 1 is 1.03 bits per heavy atom. The number of aromatic nitrogens is 2. The Labute approximate surface area is 199 Å². The molecule has 1 amide bonds. The fourth-order valence-electron chi connectivity index (χ4n) is 3.73. The standard InChI is InChI=1S/C23H19F5N4O2S/c24-16-3-5-18(6-4-16)35(34)32-9-1-2-20(32)22(33)29-13-14-10-15(12-17(25)11-14)19-7-8-21(31-30-19)23(26,27)28/h3-8,10-12,20H,1-2,9,13H2,(H,29,33). The smallest absolute Gasteiger partial charge is 0.351 e. The largest absolute Gasteiger partial charge is 0.435 e. The first-order valence-corrected chi connectivity index (χ1v) is 11.6. The summed E-state index contributed by atoms with van der Waals surface area (Å²) in [6, 6.07) is 10.1. The number of carbonyl (C=O) groups excluding carboxylic acids is 1. The monoisotopic (exact) mass is 510 g/mol. The van der Waals surface area contributed by atoms with Gasteiger partial charge in [-0.1, -0.05) is 0 Å². The zero-order chi connectivity index (χ0) is 25.2. The van der Waals surface area contributed by atoms with Gasteiger partial charge in [0.25, 0.3) is 0 Å². The Balaban J connectivity index is 1.44. The van der Waals surface area contributed by atoms with Gasteiger partial charge in [0.15, 0.2) is 5.69 Å². The third-order valence-corrected chi connectivity index (χ3v) is 6.95. The second kappa shape index (κ2) is 10.2. The molecule has 2 unspecified atom stereocenters. The Morgan fingerprint density at radius 2 is 1.77 bits per heavy atom. The predicted molar refractivity (Wildman–Crippen MR) is 117 cm³/mol. The number of rotatable bonds is 6. The maximum absolute atomic E-state index is 14.2. The van der Waals surface area contributed by atoms with Gasteiger partial charge >= 0.3 is 6.18 Å². The molecular formula is C23H19F5N4O2S. The van der Waals surface area contributed by atoms with Gasteiger partial charge in [0.05, 0.1) is 10.6 Å². The lowest BCUT2D eigenvalue weighted by Crippen LogP contribution is -2.43. The van der Waals surface area contributed by atoms with E-state index in [4.69, 9.17) is 0 Å². The zero-order valence-corrected chi connectivity index (χ0v) is 18.9. The number of amides is 1. The number of nitrogens with zero attached hydrogens (tertiary/aromatic N) is 3. The van der Waals surface area contributed by atoms with Crippen molar-refractivity contribution in [1.82, 2.24) is 19.8 Å². The van der Waals surface area contributed by atoms with Gasteiger partial charge in [0.1, 0.15) is 28.7 Å². The van der Waals surface area contributed by atoms with E-state index in [2.05, 4.69) is 15.5 Å². The molecule has 0 spiro atoms. The van der Waals surface area contributed by atoms with E-state index in [9.17, 15) is 31.0 Å². The number of halogens is 5. The second-order valence-electron chi connectivity index (χ2n) is 7.87. The van der Waals surface area contributed by atoms with E-state index < -0.39 is 46.4 Å². The minimum absolute atomic E-state index is 0.0433. The molecule has 2 atom stereocenters. The fraction of sp³-hybridized carbons (Fsp3) is 0.261. The summed E-state index contributed by atoms with van der Waals surface area (Å²) in [7, 11) is -1.66. The summed E-state index contributed by atoms with van der Waals surface area (Å²) in [5.74, 6) is -1.52. The van der Waals surface area contributed by atoms with Gasteiger partial charge in [-0.05, 0) is 73.0 Å². The van der Waals surface area contributed by atoms with Crippen molar-refractivity contribution in [2.24, 2.45) is 0 Å². The van der Waals surface area contributed by atoms with Crippen LogP contribution in [0.1, 0.15) is 24.1 Å². The summed E-state index contributed by atoms with van der Waals surface area (Å²) in [4.78, 5) is 13.2. The Hall–Kier alpha value is -3.25. The SMILES string of the molecule is O=C(NCc1cc(F)cc(-c2ccc(C(F)(F)F)nn2)c1)C1CCCN1S(=O)c1ccc(F)cc1. The van der Waals surface area contributed by atoms with Crippen LogP contribution in [0.15, 0.2) is 59.5 Å². The van der Waals surface area contributed by atoms with Gasteiger partial charge in [-0.3, -0.25) is 4.79 Å². The van der Waals surface area contributed by atoms with Crippen molar-refractivity contribution in [3.63, 3.8) is 0 Å². The van der Waals surface area contributed by atoms with E-state index in [1.807, 2.05) is 0 Å². The molecule has 0 aliphatic carbocycles. The van der Waals surface area contributed by atoms with Gasteiger partial charge < -0.3 is 5.32 Å². The lowest BCUT2D eigenvalue weighted by molar-refractivity contribution is -0.141. The first-order chi connectivity index (χ1) is 16.6. The molecule has 1 fully saturated rings. The average Bonchev–Trinajstić information content (AvgIpc) is 3.32. The molecule has 184 valence electrons. The molecule has 6 nitrogen and oxygen atoms in total. The molecule has 2 aromatic carbocycles. The van der Waals surface area contributed by atoms with Crippen molar-refractivity contribution in [2.45, 2.75) is 36.5 Å². The molecule has 4 rings (SSSR count). The summed E-state index contributed by atoms with van der Waals surface area (Å²) < 4.78 is 79.9. The molecule has 1 aromatic heterocycles. The molecule has 35 heavy (non-hydrogen) atoms. The van der Waals surface area contributed by atoms with E-state index in [1.165, 1.54) is 40.7 Å². The lowest BCUT2D eigenvalue weighted by Gasteiger charge is -2.22. The minimum Gasteiger partial charge on any atom is -0.351 e. The summed E-state index contributed by atoms with van der Waals surface area (Å²) in [6.45, 7) is 0.351. The topological polar surface area (TPSA) is 75.2 Å². The van der Waals surface area contributed by atoms with Crippen LogP contribution in [0, 0.1) is 11.6 Å². The first kappa shape index (κ1) is 24.9. The highest BCUT2D eigenvalue weighted by atomic mass is 32.2. The number of hydrogen-bond acceptors (Lipinski definition) is 4. The number of alkyl halides is 3. The quantitative estimate of drug-likeness (QED) is 0.504. The molecule has 12 heteroatoms. The van der Waals surface area contributed by atoms with E-state index in [0.717, 1.165) is 18.2 Å². The zero-order valence-electron chi connectivity index (χ0n) is 18.1. The number of carbonyl (C=O) groups is 1. The van der Waals surface area contributed by atoms with E-state index in [0.29, 0.717) is 29.8 Å². The van der Waals surface area contributed by atoms with Crippen LogP contribution >= 0.6 is 0 Å². The first-order valence-electron chi connectivity index (χ1n) is 10.5. The highest BCUT2D eigenvalue weighted by molar-refractivity contribution is 7.82. The molecule has 1 saturated heterocycles.